The summed E-state index contributed by atoms with van der Waals surface area (Å²) in [5, 5.41) is 1.84. The van der Waals surface area contributed by atoms with Crippen LogP contribution in [0.25, 0.3) is 11.1 Å². The van der Waals surface area contributed by atoms with Gasteiger partial charge in [0.2, 0.25) is 0 Å². The van der Waals surface area contributed by atoms with E-state index < -0.39 is 5.91 Å². The van der Waals surface area contributed by atoms with Crippen molar-refractivity contribution in [1.82, 2.24) is 10.9 Å². The predicted molar refractivity (Wildman–Crippen MR) is 109 cm³/mol. The second-order valence-electron chi connectivity index (χ2n) is 5.74. The number of rotatable bonds is 6. The fraction of sp³-hybridized carbons (Fsp3) is 0.143. The number of carbonyl (C=O) groups is 2. The van der Waals surface area contributed by atoms with Crippen molar-refractivity contribution in [2.24, 2.45) is 0 Å². The van der Waals surface area contributed by atoms with E-state index in [0.717, 1.165) is 11.1 Å². The maximum absolute atomic E-state index is 12.5. The highest BCUT2D eigenvalue weighted by atomic mass is 32.1. The number of carbonyl (C=O) groups excluding carboxylic acids is 2. The lowest BCUT2D eigenvalue weighted by atomic mass is 10.1. The van der Waals surface area contributed by atoms with E-state index >= 15 is 0 Å². The number of hydrogen-bond acceptors (Lipinski definition) is 5. The normalized spacial score (nSPS) is 10.2. The average molecular weight is 396 g/mol. The largest absolute Gasteiger partial charge is 0.493 e. The first kappa shape index (κ1) is 19.4. The van der Waals surface area contributed by atoms with Crippen LogP contribution in [0.2, 0.25) is 0 Å². The number of ether oxygens (including phenoxy) is 2. The summed E-state index contributed by atoms with van der Waals surface area (Å²) in [4.78, 5) is 25.5. The Kier molecular flexibility index (Phi) is 6.29. The van der Waals surface area contributed by atoms with Crippen LogP contribution >= 0.6 is 11.3 Å². The highest BCUT2D eigenvalue weighted by Gasteiger charge is 2.16. The van der Waals surface area contributed by atoms with Crippen LogP contribution in [0.15, 0.2) is 60.0 Å². The van der Waals surface area contributed by atoms with Gasteiger partial charge in [0, 0.05) is 11.1 Å². The minimum absolute atomic E-state index is 0.343. The molecule has 28 heavy (non-hydrogen) atoms. The van der Waals surface area contributed by atoms with E-state index in [2.05, 4.69) is 10.9 Å². The van der Waals surface area contributed by atoms with E-state index in [1.165, 1.54) is 18.4 Å². The Balaban J connectivity index is 1.69. The number of hydrazine groups is 1. The summed E-state index contributed by atoms with van der Waals surface area (Å²) in [6.07, 6.45) is 0. The maximum atomic E-state index is 12.5. The lowest BCUT2D eigenvalue weighted by Crippen LogP contribution is -2.41. The van der Waals surface area contributed by atoms with Crippen molar-refractivity contribution in [3.8, 4) is 22.6 Å². The Morgan fingerprint density at radius 3 is 2.43 bits per heavy atom. The molecule has 3 aromatic rings. The Labute approximate surface area is 167 Å². The zero-order chi connectivity index (χ0) is 19.9. The molecule has 0 saturated heterocycles. The first-order chi connectivity index (χ1) is 13.6. The van der Waals surface area contributed by atoms with E-state index in [1.54, 1.807) is 18.2 Å². The van der Waals surface area contributed by atoms with Gasteiger partial charge in [0.15, 0.2) is 11.5 Å². The van der Waals surface area contributed by atoms with Gasteiger partial charge >= 0.3 is 0 Å². The van der Waals surface area contributed by atoms with E-state index in [4.69, 9.17) is 9.47 Å². The molecule has 0 saturated carbocycles. The number of nitrogens with one attached hydrogen (secondary N) is 2. The van der Waals surface area contributed by atoms with Crippen molar-refractivity contribution >= 4 is 23.2 Å². The van der Waals surface area contributed by atoms with Crippen LogP contribution in [0.5, 0.6) is 11.5 Å². The molecule has 0 aliphatic heterocycles. The minimum Gasteiger partial charge on any atom is -0.493 e. The molecular weight excluding hydrogens is 376 g/mol. The van der Waals surface area contributed by atoms with Crippen molar-refractivity contribution < 1.29 is 19.1 Å². The van der Waals surface area contributed by atoms with E-state index in [9.17, 15) is 9.59 Å². The molecule has 2 aromatic carbocycles. The Bertz CT molecular complexity index is 970. The van der Waals surface area contributed by atoms with Crippen LogP contribution < -0.4 is 20.3 Å². The van der Waals surface area contributed by atoms with Gasteiger partial charge < -0.3 is 9.47 Å². The summed E-state index contributed by atoms with van der Waals surface area (Å²) in [5.74, 6) is 0.176. The van der Waals surface area contributed by atoms with Gasteiger partial charge in [0.05, 0.1) is 13.7 Å². The Morgan fingerprint density at radius 2 is 1.71 bits per heavy atom. The van der Waals surface area contributed by atoms with Gasteiger partial charge in [-0.3, -0.25) is 20.4 Å². The smallest absolute Gasteiger partial charge is 0.280 e. The molecule has 6 nitrogen and oxygen atoms in total. The molecule has 144 valence electrons. The lowest BCUT2D eigenvalue weighted by Gasteiger charge is -2.12. The van der Waals surface area contributed by atoms with Crippen molar-refractivity contribution in [3.05, 3.63) is 70.4 Å². The van der Waals surface area contributed by atoms with E-state index in [1.807, 2.05) is 48.7 Å². The molecule has 0 aliphatic rings. The van der Waals surface area contributed by atoms with Gasteiger partial charge in [-0.1, -0.05) is 30.3 Å². The van der Waals surface area contributed by atoms with Crippen molar-refractivity contribution in [2.75, 3.05) is 13.7 Å². The zero-order valence-corrected chi connectivity index (χ0v) is 16.3. The molecule has 1 aromatic heterocycles. The third-order valence-corrected chi connectivity index (χ3v) is 4.88. The Hall–Kier alpha value is -3.32. The fourth-order valence-corrected chi connectivity index (χ4v) is 3.47. The molecule has 0 aliphatic carbocycles. The second-order valence-corrected chi connectivity index (χ2v) is 6.65. The number of amides is 2. The summed E-state index contributed by atoms with van der Waals surface area (Å²) in [5.41, 5.74) is 7.01. The summed E-state index contributed by atoms with van der Waals surface area (Å²) >= 11 is 1.31. The average Bonchev–Trinajstić information content (AvgIpc) is 3.23. The van der Waals surface area contributed by atoms with Gasteiger partial charge in [0.25, 0.3) is 11.8 Å². The third-order valence-electron chi connectivity index (χ3n) is 3.97. The SMILES string of the molecule is CCOc1ccc(C(=O)NNC(=O)c2sccc2-c2ccccc2)cc1OC. The van der Waals surface area contributed by atoms with Gasteiger partial charge in [-0.25, -0.2) is 0 Å². The van der Waals surface area contributed by atoms with Crippen LogP contribution in [0, 0.1) is 0 Å². The lowest BCUT2D eigenvalue weighted by molar-refractivity contribution is 0.0849. The highest BCUT2D eigenvalue weighted by Crippen LogP contribution is 2.29. The molecule has 0 fully saturated rings. The van der Waals surface area contributed by atoms with Crippen LogP contribution in [0.4, 0.5) is 0 Å². The van der Waals surface area contributed by atoms with Gasteiger partial charge in [-0.05, 0) is 42.1 Å². The summed E-state index contributed by atoms with van der Waals surface area (Å²) in [7, 11) is 1.50. The first-order valence-electron chi connectivity index (χ1n) is 8.68. The molecule has 0 bridgehead atoms. The molecule has 0 unspecified atom stereocenters. The van der Waals surface area contributed by atoms with Crippen LogP contribution in [-0.2, 0) is 0 Å². The second kappa shape index (κ2) is 9.05. The topological polar surface area (TPSA) is 76.7 Å². The van der Waals surface area contributed by atoms with Gasteiger partial charge in [-0.15, -0.1) is 11.3 Å². The number of thiophene rings is 1. The maximum Gasteiger partial charge on any atom is 0.280 e. The number of hydrogen-bond donors (Lipinski definition) is 2. The molecule has 0 spiro atoms. The molecular formula is C21H20N2O4S. The van der Waals surface area contributed by atoms with Crippen molar-refractivity contribution in [2.45, 2.75) is 6.92 Å². The summed E-state index contributed by atoms with van der Waals surface area (Å²) in [6, 6.07) is 16.3. The monoisotopic (exact) mass is 396 g/mol. The summed E-state index contributed by atoms with van der Waals surface area (Å²) < 4.78 is 10.7. The quantitative estimate of drug-likeness (QED) is 0.620. The fourth-order valence-electron chi connectivity index (χ4n) is 2.66. The van der Waals surface area contributed by atoms with Gasteiger partial charge in [0.1, 0.15) is 4.88 Å². The molecule has 0 atom stereocenters. The molecule has 2 N–H and O–H groups in total. The van der Waals surface area contributed by atoms with Crippen molar-refractivity contribution in [3.63, 3.8) is 0 Å². The van der Waals surface area contributed by atoms with Crippen LogP contribution in [0.1, 0.15) is 27.0 Å². The van der Waals surface area contributed by atoms with Crippen molar-refractivity contribution in [1.29, 1.82) is 0 Å². The van der Waals surface area contributed by atoms with Gasteiger partial charge in [-0.2, -0.15) is 0 Å². The van der Waals surface area contributed by atoms with E-state index in [0.29, 0.717) is 28.5 Å². The first-order valence-corrected chi connectivity index (χ1v) is 9.56. The van der Waals surface area contributed by atoms with Crippen LogP contribution in [-0.4, -0.2) is 25.5 Å². The molecule has 3 rings (SSSR count). The third kappa shape index (κ3) is 4.32. The van der Waals surface area contributed by atoms with Crippen LogP contribution in [0.3, 0.4) is 0 Å². The number of benzene rings is 2. The molecule has 1 heterocycles. The highest BCUT2D eigenvalue weighted by molar-refractivity contribution is 7.12. The summed E-state index contributed by atoms with van der Waals surface area (Å²) in [6.45, 7) is 2.35. The number of methoxy groups -OCH3 is 1. The molecule has 2 amide bonds. The minimum atomic E-state index is -0.451. The molecule has 7 heteroatoms. The zero-order valence-electron chi connectivity index (χ0n) is 15.5. The molecule has 0 radical (unpaired) electrons. The standard InChI is InChI=1S/C21H20N2O4S/c1-3-27-17-10-9-15(13-18(17)26-2)20(24)22-23-21(25)19-16(11-12-28-19)14-7-5-4-6-8-14/h4-13H,3H2,1-2H3,(H,22,24)(H,23,25). The van der Waals surface area contributed by atoms with E-state index in [-0.39, 0.29) is 5.91 Å². The predicted octanol–water partition coefficient (Wildman–Crippen LogP) is 3.90. The Morgan fingerprint density at radius 1 is 0.964 bits per heavy atom.